The fourth-order valence-electron chi connectivity index (χ4n) is 2.64. The molecule has 0 saturated carbocycles. The number of nitrogens with one attached hydrogen (secondary N) is 1. The number of nitro benzene ring substituents is 1. The topological polar surface area (TPSA) is 94.5 Å². The number of nitrogens with zero attached hydrogens (tertiary/aromatic N) is 1. The minimum Gasteiger partial charge on any atom is -0.492 e. The number of hydrogen-bond acceptors (Lipinski definition) is 5. The summed E-state index contributed by atoms with van der Waals surface area (Å²) in [5.41, 5.74) is 2.18. The van der Waals surface area contributed by atoms with E-state index in [9.17, 15) is 14.9 Å². The molecule has 0 aliphatic carbocycles. The van der Waals surface area contributed by atoms with Crippen molar-refractivity contribution in [3.63, 3.8) is 0 Å². The van der Waals surface area contributed by atoms with Crippen LogP contribution in [0.5, 0.6) is 11.5 Å². The van der Waals surface area contributed by atoms with E-state index in [1.165, 1.54) is 36.5 Å². The lowest BCUT2D eigenvalue weighted by Crippen LogP contribution is -2.13. The van der Waals surface area contributed by atoms with Crippen LogP contribution in [-0.4, -0.2) is 23.6 Å². The Morgan fingerprint density at radius 1 is 1.22 bits per heavy atom. The van der Waals surface area contributed by atoms with E-state index in [4.69, 9.17) is 9.47 Å². The molecule has 0 fully saturated rings. The highest BCUT2D eigenvalue weighted by Crippen LogP contribution is 2.32. The molecule has 1 aromatic carbocycles. The van der Waals surface area contributed by atoms with Gasteiger partial charge in [-0.2, -0.15) is 0 Å². The van der Waals surface area contributed by atoms with Gasteiger partial charge < -0.3 is 14.5 Å². The second kappa shape index (κ2) is 9.02. The summed E-state index contributed by atoms with van der Waals surface area (Å²) in [7, 11) is 1.43. The Labute approximate surface area is 157 Å². The van der Waals surface area contributed by atoms with Gasteiger partial charge in [-0.1, -0.05) is 17.2 Å². The van der Waals surface area contributed by atoms with E-state index in [0.717, 1.165) is 12.8 Å². The summed E-state index contributed by atoms with van der Waals surface area (Å²) < 4.78 is 11.0. The molecule has 0 saturated heterocycles. The number of H-pyrrole nitrogens is 1. The molecule has 2 aromatic rings. The molecular formula is C20H24N2O5. The largest absolute Gasteiger partial charge is 0.492 e. The van der Waals surface area contributed by atoms with Crippen LogP contribution in [-0.2, 0) is 0 Å². The Morgan fingerprint density at radius 3 is 2.59 bits per heavy atom. The molecule has 0 amide bonds. The van der Waals surface area contributed by atoms with Gasteiger partial charge in [0.1, 0.15) is 6.61 Å². The number of allylic oxidation sites excluding steroid dienone is 3. The van der Waals surface area contributed by atoms with Gasteiger partial charge in [0.2, 0.25) is 5.75 Å². The molecule has 144 valence electrons. The molecule has 2 rings (SSSR count). The average Bonchev–Trinajstić information content (AvgIpc) is 2.61. The highest BCUT2D eigenvalue weighted by molar-refractivity contribution is 5.88. The Hall–Kier alpha value is -3.09. The first-order valence-corrected chi connectivity index (χ1v) is 8.63. The third-order valence-corrected chi connectivity index (χ3v) is 4.07. The SMILES string of the molecule is COc1c(OC/C=C(\C)CCC=C(C)C)c(=O)[nH]c2cc([N+](=O)[O-])ccc12. The zero-order valence-corrected chi connectivity index (χ0v) is 16.0. The second-order valence-electron chi connectivity index (χ2n) is 6.49. The van der Waals surface area contributed by atoms with Gasteiger partial charge in [0, 0.05) is 17.5 Å². The summed E-state index contributed by atoms with van der Waals surface area (Å²) in [5.74, 6) is 0.325. The average molecular weight is 372 g/mol. The summed E-state index contributed by atoms with van der Waals surface area (Å²) >= 11 is 0. The third-order valence-electron chi connectivity index (χ3n) is 4.07. The third kappa shape index (κ3) is 5.20. The van der Waals surface area contributed by atoms with E-state index >= 15 is 0 Å². The van der Waals surface area contributed by atoms with Crippen molar-refractivity contribution in [1.82, 2.24) is 4.98 Å². The van der Waals surface area contributed by atoms with Gasteiger partial charge in [0.05, 0.1) is 17.5 Å². The van der Waals surface area contributed by atoms with Crippen molar-refractivity contribution in [2.24, 2.45) is 0 Å². The van der Waals surface area contributed by atoms with Crippen LogP contribution < -0.4 is 15.0 Å². The highest BCUT2D eigenvalue weighted by Gasteiger charge is 2.17. The Balaban J connectivity index is 2.24. The predicted octanol–water partition coefficient (Wildman–Crippen LogP) is 4.52. The van der Waals surface area contributed by atoms with Gasteiger partial charge in [0.25, 0.3) is 11.2 Å². The van der Waals surface area contributed by atoms with Crippen LogP contribution in [0.1, 0.15) is 33.6 Å². The van der Waals surface area contributed by atoms with E-state index in [1.807, 2.05) is 13.0 Å². The quantitative estimate of drug-likeness (QED) is 0.418. The van der Waals surface area contributed by atoms with Crippen molar-refractivity contribution in [2.45, 2.75) is 33.6 Å². The summed E-state index contributed by atoms with van der Waals surface area (Å²) in [6.45, 7) is 6.38. The van der Waals surface area contributed by atoms with Crippen molar-refractivity contribution in [3.8, 4) is 11.5 Å². The zero-order valence-electron chi connectivity index (χ0n) is 16.0. The first-order chi connectivity index (χ1) is 12.8. The van der Waals surface area contributed by atoms with Crippen LogP contribution in [0, 0.1) is 10.1 Å². The Kier molecular flexibility index (Phi) is 6.76. The van der Waals surface area contributed by atoms with Crippen molar-refractivity contribution < 1.29 is 14.4 Å². The van der Waals surface area contributed by atoms with Gasteiger partial charge in [-0.25, -0.2) is 0 Å². The van der Waals surface area contributed by atoms with Gasteiger partial charge in [-0.3, -0.25) is 14.9 Å². The minimum absolute atomic E-state index is 0.0622. The molecule has 0 unspecified atom stereocenters. The molecule has 1 aromatic heterocycles. The molecule has 0 aliphatic rings. The van der Waals surface area contributed by atoms with Crippen molar-refractivity contribution in [3.05, 3.63) is 62.0 Å². The number of aromatic amines is 1. The van der Waals surface area contributed by atoms with Crippen molar-refractivity contribution in [2.75, 3.05) is 13.7 Å². The summed E-state index contributed by atoms with van der Waals surface area (Å²) in [6.07, 6.45) is 5.99. The van der Waals surface area contributed by atoms with Crippen LogP contribution >= 0.6 is 0 Å². The predicted molar refractivity (Wildman–Crippen MR) is 106 cm³/mol. The monoisotopic (exact) mass is 372 g/mol. The number of non-ortho nitro benzene ring substituents is 1. The van der Waals surface area contributed by atoms with Gasteiger partial charge in [-0.05, 0) is 45.8 Å². The fourth-order valence-corrected chi connectivity index (χ4v) is 2.64. The van der Waals surface area contributed by atoms with E-state index in [0.29, 0.717) is 10.9 Å². The molecule has 0 radical (unpaired) electrons. The standard InChI is InChI=1S/C20H24N2O5/c1-13(2)6-5-7-14(3)10-11-27-19-18(26-4)16-9-8-15(22(24)25)12-17(16)21-20(19)23/h6,8-10,12H,5,7,11H2,1-4H3,(H,21,23)/b14-10+. The number of aromatic nitrogens is 1. The Morgan fingerprint density at radius 2 is 1.96 bits per heavy atom. The van der Waals surface area contributed by atoms with E-state index in [1.54, 1.807) is 0 Å². The minimum atomic E-state index is -0.516. The van der Waals surface area contributed by atoms with E-state index in [2.05, 4.69) is 24.9 Å². The maximum Gasteiger partial charge on any atom is 0.294 e. The molecular weight excluding hydrogens is 348 g/mol. The second-order valence-corrected chi connectivity index (χ2v) is 6.49. The number of hydrogen-bond donors (Lipinski definition) is 1. The molecule has 7 heteroatoms. The maximum absolute atomic E-state index is 12.4. The highest BCUT2D eigenvalue weighted by atomic mass is 16.6. The lowest BCUT2D eigenvalue weighted by Gasteiger charge is -2.11. The molecule has 7 nitrogen and oxygen atoms in total. The number of nitro groups is 1. The van der Waals surface area contributed by atoms with E-state index in [-0.39, 0.29) is 23.8 Å². The first kappa shape index (κ1) is 20.2. The molecule has 0 atom stereocenters. The van der Waals surface area contributed by atoms with Crippen LogP contribution in [0.25, 0.3) is 10.9 Å². The smallest absolute Gasteiger partial charge is 0.294 e. The molecule has 1 heterocycles. The number of methoxy groups -OCH3 is 1. The first-order valence-electron chi connectivity index (χ1n) is 8.63. The number of pyridine rings is 1. The van der Waals surface area contributed by atoms with Gasteiger partial charge in [0.15, 0.2) is 5.75 Å². The lowest BCUT2D eigenvalue weighted by atomic mass is 10.1. The van der Waals surface area contributed by atoms with Gasteiger partial charge in [-0.15, -0.1) is 0 Å². The summed E-state index contributed by atoms with van der Waals surface area (Å²) in [6, 6.07) is 4.20. The van der Waals surface area contributed by atoms with Crippen LogP contribution in [0.4, 0.5) is 5.69 Å². The lowest BCUT2D eigenvalue weighted by molar-refractivity contribution is -0.384. The number of fused-ring (bicyclic) bond motifs is 1. The normalized spacial score (nSPS) is 11.3. The van der Waals surface area contributed by atoms with Crippen LogP contribution in [0.2, 0.25) is 0 Å². The van der Waals surface area contributed by atoms with Crippen LogP contribution in [0.3, 0.4) is 0 Å². The summed E-state index contributed by atoms with van der Waals surface area (Å²) in [5, 5.41) is 11.5. The number of rotatable bonds is 8. The maximum atomic E-state index is 12.4. The molecule has 1 N–H and O–H groups in total. The molecule has 0 spiro atoms. The van der Waals surface area contributed by atoms with E-state index < -0.39 is 10.5 Å². The van der Waals surface area contributed by atoms with Crippen molar-refractivity contribution >= 4 is 16.6 Å². The molecule has 0 aliphatic heterocycles. The van der Waals surface area contributed by atoms with Gasteiger partial charge >= 0.3 is 0 Å². The van der Waals surface area contributed by atoms with Crippen molar-refractivity contribution in [1.29, 1.82) is 0 Å². The zero-order chi connectivity index (χ0) is 20.0. The van der Waals surface area contributed by atoms with Crippen LogP contribution in [0.15, 0.2) is 46.3 Å². The molecule has 0 bridgehead atoms. The number of ether oxygens (including phenoxy) is 2. The summed E-state index contributed by atoms with van der Waals surface area (Å²) in [4.78, 5) is 25.4. The molecule has 27 heavy (non-hydrogen) atoms. The number of benzene rings is 1. The fraction of sp³-hybridized carbons (Fsp3) is 0.350. The Bertz CT molecular complexity index is 953.